The molecule has 0 saturated heterocycles. The van der Waals surface area contributed by atoms with Crippen LogP contribution < -0.4 is 5.73 Å². The van der Waals surface area contributed by atoms with Crippen LogP contribution >= 0.6 is 33.9 Å². The summed E-state index contributed by atoms with van der Waals surface area (Å²) < 4.78 is 2.46. The van der Waals surface area contributed by atoms with Crippen molar-refractivity contribution < 1.29 is 0 Å². The number of nitrogens with zero attached hydrogens (tertiary/aromatic N) is 4. The average Bonchev–Trinajstić information content (AvgIpc) is 2.82. The third-order valence-electron chi connectivity index (χ3n) is 2.06. The molecule has 3 aromatic rings. The van der Waals surface area contributed by atoms with Crippen molar-refractivity contribution in [2.24, 2.45) is 0 Å². The Bertz CT molecular complexity index is 645. The van der Waals surface area contributed by atoms with Crippen molar-refractivity contribution in [2.75, 3.05) is 5.73 Å². The second-order valence-electron chi connectivity index (χ2n) is 3.13. The molecule has 5 nitrogen and oxygen atoms in total. The summed E-state index contributed by atoms with van der Waals surface area (Å²) in [5.74, 6) is 1.09. The molecule has 0 aliphatic heterocycles. The van der Waals surface area contributed by atoms with Crippen molar-refractivity contribution in [1.82, 2.24) is 19.6 Å². The van der Waals surface area contributed by atoms with Gasteiger partial charge in [-0.2, -0.15) is 0 Å². The van der Waals surface area contributed by atoms with Gasteiger partial charge in [-0.3, -0.25) is 0 Å². The molecule has 7 heteroatoms. The van der Waals surface area contributed by atoms with E-state index in [1.807, 2.05) is 17.5 Å². The largest absolute Gasteiger partial charge is 0.381 e. The van der Waals surface area contributed by atoms with E-state index in [2.05, 4.69) is 37.7 Å². The molecule has 0 radical (unpaired) electrons. The summed E-state index contributed by atoms with van der Waals surface area (Å²) in [6.07, 6.45) is 1.80. The fourth-order valence-corrected chi connectivity index (χ4v) is 2.57. The van der Waals surface area contributed by atoms with Gasteiger partial charge in [-0.25, -0.2) is 14.5 Å². The van der Waals surface area contributed by atoms with E-state index in [1.165, 1.54) is 0 Å². The topological polar surface area (TPSA) is 69.1 Å². The minimum atomic E-state index is 0.405. The first-order valence-electron chi connectivity index (χ1n) is 4.46. The van der Waals surface area contributed by atoms with Crippen molar-refractivity contribution in [3.05, 3.63) is 27.4 Å². The quantitative estimate of drug-likeness (QED) is 0.687. The van der Waals surface area contributed by atoms with Crippen LogP contribution in [0.3, 0.4) is 0 Å². The Kier molecular flexibility index (Phi) is 2.28. The Labute approximate surface area is 108 Å². The number of fused-ring (bicyclic) bond motifs is 1. The highest BCUT2D eigenvalue weighted by atomic mass is 127. The first kappa shape index (κ1) is 9.97. The van der Waals surface area contributed by atoms with E-state index >= 15 is 0 Å². The zero-order valence-electron chi connectivity index (χ0n) is 7.96. The number of hydrogen-bond acceptors (Lipinski definition) is 5. The van der Waals surface area contributed by atoms with E-state index in [9.17, 15) is 0 Å². The van der Waals surface area contributed by atoms with E-state index in [0.717, 1.165) is 8.58 Å². The zero-order valence-corrected chi connectivity index (χ0v) is 10.9. The molecule has 0 bridgehead atoms. The molecule has 80 valence electrons. The normalized spacial score (nSPS) is 11.1. The minimum absolute atomic E-state index is 0.405. The van der Waals surface area contributed by atoms with E-state index < -0.39 is 0 Å². The molecule has 0 aliphatic carbocycles. The smallest absolute Gasteiger partial charge is 0.198 e. The van der Waals surface area contributed by atoms with Gasteiger partial charge in [0.25, 0.3) is 0 Å². The zero-order chi connectivity index (χ0) is 11.1. The third-order valence-corrected chi connectivity index (χ3v) is 3.44. The number of hydrogen-bond donors (Lipinski definition) is 1. The van der Waals surface area contributed by atoms with Gasteiger partial charge in [-0.05, 0) is 34.0 Å². The molecular formula is C9H6IN5S. The second kappa shape index (κ2) is 3.67. The lowest BCUT2D eigenvalue weighted by molar-refractivity contribution is 0.944. The molecule has 3 rings (SSSR count). The lowest BCUT2D eigenvalue weighted by Gasteiger charge is -1.95. The van der Waals surface area contributed by atoms with Gasteiger partial charge < -0.3 is 5.73 Å². The number of nitrogens with two attached hydrogens (primary N) is 1. The molecule has 0 atom stereocenters. The Morgan fingerprint density at radius 3 is 3.00 bits per heavy atom. The summed E-state index contributed by atoms with van der Waals surface area (Å²) in [4.78, 5) is 9.53. The average molecular weight is 343 g/mol. The summed E-state index contributed by atoms with van der Waals surface area (Å²) in [6.45, 7) is 0. The number of aromatic nitrogens is 4. The SMILES string of the molecule is Nc1nc(I)cn2nc(-c3cccs3)nc12. The van der Waals surface area contributed by atoms with Gasteiger partial charge in [0.2, 0.25) is 0 Å². The summed E-state index contributed by atoms with van der Waals surface area (Å²) in [5, 5.41) is 6.36. The minimum Gasteiger partial charge on any atom is -0.381 e. The molecule has 0 spiro atoms. The predicted octanol–water partition coefficient (Wildman–Crippen LogP) is 2.04. The highest BCUT2D eigenvalue weighted by Crippen LogP contribution is 2.23. The van der Waals surface area contributed by atoms with Crippen LogP contribution in [0.25, 0.3) is 16.3 Å². The Morgan fingerprint density at radius 2 is 2.25 bits per heavy atom. The molecular weight excluding hydrogens is 337 g/mol. The number of halogens is 1. The monoisotopic (exact) mass is 343 g/mol. The first-order valence-corrected chi connectivity index (χ1v) is 6.42. The van der Waals surface area contributed by atoms with Gasteiger partial charge in [0.15, 0.2) is 17.3 Å². The Hall–Kier alpha value is -1.22. The summed E-state index contributed by atoms with van der Waals surface area (Å²) in [6, 6.07) is 3.95. The Balaban J connectivity index is 2.27. The van der Waals surface area contributed by atoms with Gasteiger partial charge in [0, 0.05) is 0 Å². The highest BCUT2D eigenvalue weighted by Gasteiger charge is 2.10. The van der Waals surface area contributed by atoms with Crippen LogP contribution in [0.2, 0.25) is 0 Å². The maximum Gasteiger partial charge on any atom is 0.198 e. The molecule has 3 aromatic heterocycles. The maximum absolute atomic E-state index is 5.79. The molecule has 0 saturated carbocycles. The number of nitrogen functional groups attached to an aromatic ring is 1. The van der Waals surface area contributed by atoms with Crippen molar-refractivity contribution in [2.45, 2.75) is 0 Å². The summed E-state index contributed by atoms with van der Waals surface area (Å²) >= 11 is 3.70. The van der Waals surface area contributed by atoms with Crippen LogP contribution in [-0.2, 0) is 0 Å². The third kappa shape index (κ3) is 1.55. The van der Waals surface area contributed by atoms with Crippen molar-refractivity contribution >= 4 is 45.4 Å². The lowest BCUT2D eigenvalue weighted by Crippen LogP contribution is -1.99. The van der Waals surface area contributed by atoms with Crippen LogP contribution in [0.4, 0.5) is 5.82 Å². The van der Waals surface area contributed by atoms with E-state index in [4.69, 9.17) is 5.73 Å². The number of anilines is 1. The molecule has 0 aromatic carbocycles. The van der Waals surface area contributed by atoms with Gasteiger partial charge in [-0.1, -0.05) is 6.07 Å². The van der Waals surface area contributed by atoms with Crippen LogP contribution in [-0.4, -0.2) is 19.6 Å². The van der Waals surface area contributed by atoms with Crippen molar-refractivity contribution in [1.29, 1.82) is 0 Å². The van der Waals surface area contributed by atoms with Gasteiger partial charge in [-0.15, -0.1) is 16.4 Å². The fourth-order valence-electron chi connectivity index (χ4n) is 1.39. The van der Waals surface area contributed by atoms with E-state index in [-0.39, 0.29) is 0 Å². The molecule has 0 amide bonds. The predicted molar refractivity (Wildman–Crippen MR) is 71.2 cm³/mol. The molecule has 3 heterocycles. The first-order chi connectivity index (χ1) is 7.74. The number of thiophene rings is 1. The van der Waals surface area contributed by atoms with E-state index in [0.29, 0.717) is 17.3 Å². The van der Waals surface area contributed by atoms with Crippen LogP contribution in [0.1, 0.15) is 0 Å². The summed E-state index contributed by atoms with van der Waals surface area (Å²) in [7, 11) is 0. The van der Waals surface area contributed by atoms with Crippen LogP contribution in [0, 0.1) is 3.70 Å². The molecule has 0 aliphatic rings. The van der Waals surface area contributed by atoms with Gasteiger partial charge >= 0.3 is 0 Å². The van der Waals surface area contributed by atoms with E-state index in [1.54, 1.807) is 22.0 Å². The number of rotatable bonds is 1. The van der Waals surface area contributed by atoms with Gasteiger partial charge in [0.05, 0.1) is 11.1 Å². The van der Waals surface area contributed by atoms with Gasteiger partial charge in [0.1, 0.15) is 3.70 Å². The van der Waals surface area contributed by atoms with Crippen molar-refractivity contribution in [3.63, 3.8) is 0 Å². The molecule has 0 unspecified atom stereocenters. The molecule has 16 heavy (non-hydrogen) atoms. The maximum atomic E-state index is 5.79. The van der Waals surface area contributed by atoms with Crippen LogP contribution in [0.15, 0.2) is 23.7 Å². The van der Waals surface area contributed by atoms with Crippen molar-refractivity contribution in [3.8, 4) is 10.7 Å². The lowest BCUT2D eigenvalue weighted by atomic mass is 10.4. The molecule has 0 fully saturated rings. The second-order valence-corrected chi connectivity index (χ2v) is 5.18. The fraction of sp³-hybridized carbons (Fsp3) is 0. The van der Waals surface area contributed by atoms with Crippen LogP contribution in [0.5, 0.6) is 0 Å². The summed E-state index contributed by atoms with van der Waals surface area (Å²) in [5.41, 5.74) is 6.39. The Morgan fingerprint density at radius 1 is 1.38 bits per heavy atom. The molecule has 2 N–H and O–H groups in total. The standard InChI is InChI=1S/C9H6IN5S/c10-6-4-15-9(7(11)12-6)13-8(14-15)5-2-1-3-16-5/h1-4H,(H2,11,12). The highest BCUT2D eigenvalue weighted by molar-refractivity contribution is 14.1.